The van der Waals surface area contributed by atoms with E-state index in [1.165, 1.54) is 17.7 Å². The summed E-state index contributed by atoms with van der Waals surface area (Å²) >= 11 is 0. The fourth-order valence-corrected chi connectivity index (χ4v) is 5.27. The standard InChI is InChI=1S/C25H28N8O3/c1-36-21-9-7-18-19-15-27-24(30-23(19)33(22(18)29-21)16-4-2-3-5-16)28-20-8-6-17(14-26-20)31-10-12-32(13-11-31)25(34)35/h6-9,14-16H,2-5,10-13H2,1H3,(H,34,35)(H,26,27,28,30). The fourth-order valence-electron chi connectivity index (χ4n) is 5.27. The monoisotopic (exact) mass is 488 g/mol. The number of carboxylic acid groups (broad SMARTS) is 1. The number of piperazine rings is 1. The quantitative estimate of drug-likeness (QED) is 0.428. The van der Waals surface area contributed by atoms with E-state index in [1.807, 2.05) is 30.5 Å². The zero-order chi connectivity index (χ0) is 24.6. The van der Waals surface area contributed by atoms with Gasteiger partial charge in [-0.1, -0.05) is 12.8 Å². The third-order valence-corrected chi connectivity index (χ3v) is 7.17. The maximum Gasteiger partial charge on any atom is 0.407 e. The van der Waals surface area contributed by atoms with Crippen LogP contribution >= 0.6 is 0 Å². The normalized spacial score (nSPS) is 16.7. The van der Waals surface area contributed by atoms with Crippen LogP contribution in [-0.4, -0.2) is 73.9 Å². The van der Waals surface area contributed by atoms with Gasteiger partial charge in [-0.25, -0.2) is 14.8 Å². The van der Waals surface area contributed by atoms with Gasteiger partial charge in [0, 0.05) is 55.3 Å². The topological polar surface area (TPSA) is 122 Å². The third kappa shape index (κ3) is 4.00. The Kier molecular flexibility index (Phi) is 5.67. The number of nitrogens with zero attached hydrogens (tertiary/aromatic N) is 7. The Morgan fingerprint density at radius 2 is 1.75 bits per heavy atom. The van der Waals surface area contributed by atoms with Gasteiger partial charge in [-0.2, -0.15) is 9.97 Å². The zero-order valence-electron chi connectivity index (χ0n) is 20.1. The first-order valence-corrected chi connectivity index (χ1v) is 12.3. The predicted molar refractivity (Wildman–Crippen MR) is 136 cm³/mol. The highest BCUT2D eigenvalue weighted by molar-refractivity contribution is 6.05. The molecule has 2 N–H and O–H groups in total. The van der Waals surface area contributed by atoms with Crippen molar-refractivity contribution in [2.75, 3.05) is 43.5 Å². The van der Waals surface area contributed by atoms with Crippen molar-refractivity contribution in [2.45, 2.75) is 31.7 Å². The highest BCUT2D eigenvalue weighted by atomic mass is 16.5. The minimum Gasteiger partial charge on any atom is -0.481 e. The van der Waals surface area contributed by atoms with Crippen LogP contribution in [0.2, 0.25) is 0 Å². The molecule has 0 radical (unpaired) electrons. The second-order valence-electron chi connectivity index (χ2n) is 9.25. The molecule has 186 valence electrons. The number of aromatic nitrogens is 5. The molecule has 4 aromatic heterocycles. The fraction of sp³-hybridized carbons (Fsp3) is 0.400. The van der Waals surface area contributed by atoms with Crippen molar-refractivity contribution in [3.8, 4) is 5.88 Å². The summed E-state index contributed by atoms with van der Waals surface area (Å²) in [5.41, 5.74) is 2.71. The number of fused-ring (bicyclic) bond motifs is 3. The summed E-state index contributed by atoms with van der Waals surface area (Å²) in [4.78, 5) is 33.5. The van der Waals surface area contributed by atoms with Crippen molar-refractivity contribution >= 4 is 45.6 Å². The highest BCUT2D eigenvalue weighted by Gasteiger charge is 2.25. The average molecular weight is 489 g/mol. The number of methoxy groups -OCH3 is 1. The summed E-state index contributed by atoms with van der Waals surface area (Å²) < 4.78 is 7.65. The van der Waals surface area contributed by atoms with Crippen LogP contribution in [0.25, 0.3) is 22.1 Å². The van der Waals surface area contributed by atoms with E-state index < -0.39 is 6.09 Å². The van der Waals surface area contributed by atoms with E-state index in [0.29, 0.717) is 49.9 Å². The van der Waals surface area contributed by atoms with Crippen molar-refractivity contribution in [3.05, 3.63) is 36.7 Å². The lowest BCUT2D eigenvalue weighted by atomic mass is 10.2. The minimum absolute atomic E-state index is 0.353. The largest absolute Gasteiger partial charge is 0.481 e. The Labute approximate surface area is 207 Å². The smallest absolute Gasteiger partial charge is 0.407 e. The first kappa shape index (κ1) is 22.3. The van der Waals surface area contributed by atoms with Crippen molar-refractivity contribution in [1.29, 1.82) is 0 Å². The van der Waals surface area contributed by atoms with Gasteiger partial charge in [-0.15, -0.1) is 0 Å². The number of ether oxygens (including phenoxy) is 1. The number of amides is 1. The van der Waals surface area contributed by atoms with Gasteiger partial charge >= 0.3 is 6.09 Å². The predicted octanol–water partition coefficient (Wildman–Crippen LogP) is 4.04. The number of hydrogen-bond acceptors (Lipinski definition) is 8. The van der Waals surface area contributed by atoms with Crippen LogP contribution in [-0.2, 0) is 0 Å². The summed E-state index contributed by atoms with van der Waals surface area (Å²) in [6.45, 7) is 2.26. The molecule has 1 aliphatic heterocycles. The molecule has 0 atom stereocenters. The SMILES string of the molecule is COc1ccc2c3cnc(Nc4ccc(N5CCN(C(=O)O)CC5)cn4)nc3n(C3CCCC3)c2n1. The molecule has 1 amide bonds. The molecule has 11 nitrogen and oxygen atoms in total. The average Bonchev–Trinajstić information content (AvgIpc) is 3.54. The van der Waals surface area contributed by atoms with Crippen LogP contribution in [0.5, 0.6) is 5.88 Å². The second-order valence-corrected chi connectivity index (χ2v) is 9.25. The molecule has 0 bridgehead atoms. The number of anilines is 3. The van der Waals surface area contributed by atoms with Gasteiger partial charge < -0.3 is 29.5 Å². The minimum atomic E-state index is -0.869. The maximum atomic E-state index is 11.1. The molecule has 1 saturated carbocycles. The number of hydrogen-bond donors (Lipinski definition) is 2. The van der Waals surface area contributed by atoms with Crippen molar-refractivity contribution in [1.82, 2.24) is 29.4 Å². The van der Waals surface area contributed by atoms with E-state index in [0.717, 1.165) is 40.6 Å². The number of nitrogens with one attached hydrogen (secondary N) is 1. The van der Waals surface area contributed by atoms with Crippen molar-refractivity contribution in [2.24, 2.45) is 0 Å². The number of pyridine rings is 2. The summed E-state index contributed by atoms with van der Waals surface area (Å²) in [5, 5.41) is 14.4. The molecule has 2 fully saturated rings. The number of carbonyl (C=O) groups is 1. The second kappa shape index (κ2) is 9.14. The molecule has 2 aliphatic rings. The van der Waals surface area contributed by atoms with Crippen LogP contribution in [0.3, 0.4) is 0 Å². The highest BCUT2D eigenvalue weighted by Crippen LogP contribution is 2.38. The molecule has 1 saturated heterocycles. The van der Waals surface area contributed by atoms with Crippen LogP contribution in [0.15, 0.2) is 36.7 Å². The van der Waals surface area contributed by atoms with Gasteiger partial charge in [0.25, 0.3) is 0 Å². The molecule has 0 aromatic carbocycles. The Morgan fingerprint density at radius 3 is 2.44 bits per heavy atom. The summed E-state index contributed by atoms with van der Waals surface area (Å²) in [6.07, 6.45) is 7.39. The summed E-state index contributed by atoms with van der Waals surface area (Å²) in [5.74, 6) is 1.71. The number of rotatable bonds is 5. The Hall–Kier alpha value is -4.15. The maximum absolute atomic E-state index is 11.1. The van der Waals surface area contributed by atoms with Gasteiger partial charge in [0.1, 0.15) is 17.1 Å². The lowest BCUT2D eigenvalue weighted by Crippen LogP contribution is -2.48. The van der Waals surface area contributed by atoms with Crippen LogP contribution in [0.1, 0.15) is 31.7 Å². The van der Waals surface area contributed by atoms with Crippen LogP contribution in [0, 0.1) is 0 Å². The molecule has 11 heteroatoms. The molecule has 1 aliphatic carbocycles. The molecule has 6 rings (SSSR count). The molecule has 36 heavy (non-hydrogen) atoms. The molecule has 0 spiro atoms. The molecular formula is C25H28N8O3. The summed E-state index contributed by atoms with van der Waals surface area (Å²) in [7, 11) is 1.63. The lowest BCUT2D eigenvalue weighted by Gasteiger charge is -2.34. The molecular weight excluding hydrogens is 460 g/mol. The molecule has 4 aromatic rings. The van der Waals surface area contributed by atoms with E-state index >= 15 is 0 Å². The molecule has 5 heterocycles. The first-order chi connectivity index (χ1) is 17.6. The van der Waals surface area contributed by atoms with Crippen molar-refractivity contribution < 1.29 is 14.6 Å². The Morgan fingerprint density at radius 1 is 0.972 bits per heavy atom. The van der Waals surface area contributed by atoms with Gasteiger partial charge in [-0.3, -0.25) is 0 Å². The van der Waals surface area contributed by atoms with Gasteiger partial charge in [0.2, 0.25) is 11.8 Å². The van der Waals surface area contributed by atoms with Gasteiger partial charge in [-0.05, 0) is 31.0 Å². The van der Waals surface area contributed by atoms with Gasteiger partial charge in [0.05, 0.1) is 19.0 Å². The Bertz CT molecular complexity index is 1410. The van der Waals surface area contributed by atoms with E-state index in [4.69, 9.17) is 19.8 Å². The van der Waals surface area contributed by atoms with E-state index in [-0.39, 0.29) is 0 Å². The van der Waals surface area contributed by atoms with Crippen LogP contribution < -0.4 is 15.0 Å². The lowest BCUT2D eigenvalue weighted by molar-refractivity contribution is 0.142. The Balaban J connectivity index is 1.27. The van der Waals surface area contributed by atoms with Gasteiger partial charge in [0.15, 0.2) is 0 Å². The first-order valence-electron chi connectivity index (χ1n) is 12.3. The van der Waals surface area contributed by atoms with E-state index in [1.54, 1.807) is 13.3 Å². The zero-order valence-corrected chi connectivity index (χ0v) is 20.1. The van der Waals surface area contributed by atoms with Crippen LogP contribution in [0.4, 0.5) is 22.2 Å². The van der Waals surface area contributed by atoms with E-state index in [2.05, 4.69) is 24.8 Å². The molecule has 0 unspecified atom stereocenters. The summed E-state index contributed by atoms with van der Waals surface area (Å²) in [6, 6.07) is 8.13. The third-order valence-electron chi connectivity index (χ3n) is 7.17. The van der Waals surface area contributed by atoms with E-state index in [9.17, 15) is 4.79 Å². The van der Waals surface area contributed by atoms with Crippen molar-refractivity contribution in [3.63, 3.8) is 0 Å².